The zero-order chi connectivity index (χ0) is 21.3. The Labute approximate surface area is 180 Å². The van der Waals surface area contributed by atoms with Crippen molar-refractivity contribution in [2.75, 3.05) is 19.6 Å². The number of amides is 2. The van der Waals surface area contributed by atoms with Gasteiger partial charge < -0.3 is 15.1 Å². The van der Waals surface area contributed by atoms with Crippen LogP contribution in [0.25, 0.3) is 0 Å². The maximum absolute atomic E-state index is 12.6. The number of nitrogens with one attached hydrogen (secondary N) is 2. The average molecular weight is 426 g/mol. The van der Waals surface area contributed by atoms with Gasteiger partial charge in [0.1, 0.15) is 5.76 Å². The number of furan rings is 1. The van der Waals surface area contributed by atoms with E-state index in [4.69, 9.17) is 4.42 Å². The van der Waals surface area contributed by atoms with Gasteiger partial charge in [-0.3, -0.25) is 14.5 Å². The molecule has 30 heavy (non-hydrogen) atoms. The second-order valence-corrected chi connectivity index (χ2v) is 7.77. The summed E-state index contributed by atoms with van der Waals surface area (Å²) < 4.78 is 5.58. The van der Waals surface area contributed by atoms with Gasteiger partial charge in [-0.05, 0) is 54.4 Å². The molecule has 1 unspecified atom stereocenters. The Kier molecular flexibility index (Phi) is 7.82. The smallest absolute Gasteiger partial charge is 0.261 e. The van der Waals surface area contributed by atoms with Gasteiger partial charge >= 0.3 is 0 Å². The fraction of sp³-hybridized carbons (Fsp3) is 0.304. The standard InChI is InChI=1S/C23H27N3O3S/c1-3-26(4-2)19(20-7-5-13-29-20)16-25-22(27)18-11-9-17(10-12-18)15-24-23(28)21-8-6-14-30-21/h5-14,19H,3-4,15-16H2,1-2H3,(H,24,28)(H,25,27). The van der Waals surface area contributed by atoms with Gasteiger partial charge in [0.05, 0.1) is 17.2 Å². The Morgan fingerprint density at radius 3 is 2.37 bits per heavy atom. The van der Waals surface area contributed by atoms with Crippen molar-refractivity contribution >= 4 is 23.2 Å². The molecule has 0 aliphatic rings. The summed E-state index contributed by atoms with van der Waals surface area (Å²) in [5, 5.41) is 7.78. The fourth-order valence-corrected chi connectivity index (χ4v) is 3.94. The first-order valence-corrected chi connectivity index (χ1v) is 11.0. The number of benzene rings is 1. The molecule has 0 spiro atoms. The van der Waals surface area contributed by atoms with Crippen molar-refractivity contribution in [2.45, 2.75) is 26.4 Å². The van der Waals surface area contributed by atoms with Crippen LogP contribution >= 0.6 is 11.3 Å². The average Bonchev–Trinajstić information content (AvgIpc) is 3.49. The van der Waals surface area contributed by atoms with E-state index in [1.54, 1.807) is 24.5 Å². The van der Waals surface area contributed by atoms with Gasteiger partial charge in [-0.1, -0.05) is 32.0 Å². The number of nitrogens with zero attached hydrogens (tertiary/aromatic N) is 1. The minimum Gasteiger partial charge on any atom is -0.468 e. The molecule has 6 nitrogen and oxygen atoms in total. The summed E-state index contributed by atoms with van der Waals surface area (Å²) in [6.07, 6.45) is 1.66. The maximum atomic E-state index is 12.6. The Morgan fingerprint density at radius 1 is 1.00 bits per heavy atom. The quantitative estimate of drug-likeness (QED) is 0.513. The highest BCUT2D eigenvalue weighted by atomic mass is 32.1. The van der Waals surface area contributed by atoms with E-state index in [0.717, 1.165) is 24.4 Å². The number of rotatable bonds is 10. The molecule has 2 heterocycles. The van der Waals surface area contributed by atoms with Crippen LogP contribution in [0.1, 0.15) is 51.2 Å². The van der Waals surface area contributed by atoms with Gasteiger partial charge in [0.25, 0.3) is 11.8 Å². The van der Waals surface area contributed by atoms with Crippen molar-refractivity contribution in [1.82, 2.24) is 15.5 Å². The molecule has 2 aromatic heterocycles. The van der Waals surface area contributed by atoms with Crippen LogP contribution in [0.3, 0.4) is 0 Å². The van der Waals surface area contributed by atoms with Crippen molar-refractivity contribution in [3.8, 4) is 0 Å². The predicted octanol–water partition coefficient (Wildman–Crippen LogP) is 4.08. The molecule has 0 fully saturated rings. The van der Waals surface area contributed by atoms with E-state index in [2.05, 4.69) is 29.4 Å². The van der Waals surface area contributed by atoms with Gasteiger partial charge in [0, 0.05) is 18.7 Å². The van der Waals surface area contributed by atoms with E-state index in [0.29, 0.717) is 23.5 Å². The second kappa shape index (κ2) is 10.8. The molecule has 7 heteroatoms. The molecule has 0 aliphatic carbocycles. The van der Waals surface area contributed by atoms with E-state index in [1.807, 2.05) is 35.7 Å². The molecule has 2 N–H and O–H groups in total. The molecule has 2 amide bonds. The van der Waals surface area contributed by atoms with Crippen LogP contribution in [0.4, 0.5) is 0 Å². The Bertz CT molecular complexity index is 917. The van der Waals surface area contributed by atoms with E-state index in [1.165, 1.54) is 11.3 Å². The summed E-state index contributed by atoms with van der Waals surface area (Å²) in [7, 11) is 0. The lowest BCUT2D eigenvalue weighted by atomic mass is 10.1. The van der Waals surface area contributed by atoms with Crippen molar-refractivity contribution < 1.29 is 14.0 Å². The van der Waals surface area contributed by atoms with E-state index < -0.39 is 0 Å². The van der Waals surface area contributed by atoms with Crippen LogP contribution in [0, 0.1) is 0 Å². The largest absolute Gasteiger partial charge is 0.468 e. The molecule has 0 radical (unpaired) electrons. The SMILES string of the molecule is CCN(CC)C(CNC(=O)c1ccc(CNC(=O)c2cccs2)cc1)c1ccco1. The van der Waals surface area contributed by atoms with Gasteiger partial charge in [0.15, 0.2) is 0 Å². The zero-order valence-corrected chi connectivity index (χ0v) is 18.1. The zero-order valence-electron chi connectivity index (χ0n) is 17.3. The van der Waals surface area contributed by atoms with Crippen molar-refractivity contribution in [2.24, 2.45) is 0 Å². The summed E-state index contributed by atoms with van der Waals surface area (Å²) in [4.78, 5) is 27.6. The molecule has 0 aliphatic heterocycles. The van der Waals surface area contributed by atoms with Crippen molar-refractivity contribution in [1.29, 1.82) is 0 Å². The third kappa shape index (κ3) is 5.58. The first-order chi connectivity index (χ1) is 14.6. The van der Waals surface area contributed by atoms with Crippen molar-refractivity contribution in [3.05, 3.63) is 81.9 Å². The summed E-state index contributed by atoms with van der Waals surface area (Å²) in [6.45, 7) is 6.80. The predicted molar refractivity (Wildman–Crippen MR) is 119 cm³/mol. The number of hydrogen-bond donors (Lipinski definition) is 2. The summed E-state index contributed by atoms with van der Waals surface area (Å²) in [5.41, 5.74) is 1.52. The summed E-state index contributed by atoms with van der Waals surface area (Å²) >= 11 is 1.41. The Balaban J connectivity index is 1.55. The molecular weight excluding hydrogens is 398 g/mol. The molecule has 0 bridgehead atoms. The van der Waals surface area contributed by atoms with E-state index in [9.17, 15) is 9.59 Å². The van der Waals surface area contributed by atoms with Gasteiger partial charge in [-0.15, -0.1) is 11.3 Å². The lowest BCUT2D eigenvalue weighted by molar-refractivity contribution is 0.0926. The van der Waals surface area contributed by atoms with E-state index in [-0.39, 0.29) is 17.9 Å². The minimum absolute atomic E-state index is 0.00862. The van der Waals surface area contributed by atoms with Crippen LogP contribution in [0.2, 0.25) is 0 Å². The molecule has 0 saturated carbocycles. The maximum Gasteiger partial charge on any atom is 0.261 e. The Morgan fingerprint density at radius 2 is 1.77 bits per heavy atom. The number of thiophene rings is 1. The highest BCUT2D eigenvalue weighted by Crippen LogP contribution is 2.20. The molecule has 0 saturated heterocycles. The lowest BCUT2D eigenvalue weighted by Crippen LogP contribution is -2.37. The summed E-state index contributed by atoms with van der Waals surface area (Å²) in [5.74, 6) is 0.621. The Hall–Kier alpha value is -2.90. The van der Waals surface area contributed by atoms with Gasteiger partial charge in [-0.2, -0.15) is 0 Å². The monoisotopic (exact) mass is 425 g/mol. The molecule has 1 atom stereocenters. The lowest BCUT2D eigenvalue weighted by Gasteiger charge is -2.28. The van der Waals surface area contributed by atoms with E-state index >= 15 is 0 Å². The molecule has 3 aromatic rings. The van der Waals surface area contributed by atoms with Crippen LogP contribution in [0.15, 0.2) is 64.6 Å². The number of likely N-dealkylation sites (N-methyl/N-ethyl adjacent to an activating group) is 1. The van der Waals surface area contributed by atoms with Crippen LogP contribution in [-0.4, -0.2) is 36.3 Å². The molecule has 1 aromatic carbocycles. The third-order valence-electron chi connectivity index (χ3n) is 4.99. The van der Waals surface area contributed by atoms with Gasteiger partial charge in [0.2, 0.25) is 0 Å². The topological polar surface area (TPSA) is 74.6 Å². The molecule has 3 rings (SSSR count). The first kappa shape index (κ1) is 21.8. The normalized spacial score (nSPS) is 12.0. The number of hydrogen-bond acceptors (Lipinski definition) is 5. The number of carbonyl (C=O) groups is 2. The van der Waals surface area contributed by atoms with Crippen LogP contribution in [0.5, 0.6) is 0 Å². The van der Waals surface area contributed by atoms with Crippen LogP contribution in [-0.2, 0) is 6.54 Å². The van der Waals surface area contributed by atoms with Gasteiger partial charge in [-0.25, -0.2) is 0 Å². The first-order valence-electron chi connectivity index (χ1n) is 10.1. The second-order valence-electron chi connectivity index (χ2n) is 6.82. The van der Waals surface area contributed by atoms with Crippen molar-refractivity contribution in [3.63, 3.8) is 0 Å². The summed E-state index contributed by atoms with van der Waals surface area (Å²) in [6, 6.07) is 14.7. The minimum atomic E-state index is -0.132. The highest BCUT2D eigenvalue weighted by molar-refractivity contribution is 7.12. The molecule has 158 valence electrons. The highest BCUT2D eigenvalue weighted by Gasteiger charge is 2.21. The fourth-order valence-electron chi connectivity index (χ4n) is 3.30. The van der Waals surface area contributed by atoms with Crippen LogP contribution < -0.4 is 10.6 Å². The molecular formula is C23H27N3O3S. The number of carbonyl (C=O) groups excluding carboxylic acids is 2. The third-order valence-corrected chi connectivity index (χ3v) is 5.86.